The second-order valence-corrected chi connectivity index (χ2v) is 4.06. The van der Waals surface area contributed by atoms with Crippen LogP contribution < -0.4 is 5.32 Å². The van der Waals surface area contributed by atoms with Gasteiger partial charge in [0.25, 0.3) is 0 Å². The summed E-state index contributed by atoms with van der Waals surface area (Å²) in [4.78, 5) is 4.21. The van der Waals surface area contributed by atoms with Crippen molar-refractivity contribution in [3.8, 4) is 0 Å². The number of H-pyrrole nitrogens is 1. The Balaban J connectivity index is 2.05. The van der Waals surface area contributed by atoms with Gasteiger partial charge in [-0.3, -0.25) is 9.78 Å². The number of nitrogens with one attached hydrogen (secondary N) is 2. The fourth-order valence-corrected chi connectivity index (χ4v) is 1.75. The number of aryl methyl sites for hydroxylation is 1. The SMILES string of the molecule is CCCNC(Cc1ccn(C)n1)c1ncn[nH]1. The standard InChI is InChI=1S/C11H18N6/c1-3-5-12-10(11-13-8-14-15-11)7-9-4-6-17(2)16-9/h4,6,8,10,12H,3,5,7H2,1-2H3,(H,13,14,15). The first-order valence-corrected chi connectivity index (χ1v) is 5.86. The predicted molar refractivity (Wildman–Crippen MR) is 64.3 cm³/mol. The van der Waals surface area contributed by atoms with Crippen LogP contribution in [-0.4, -0.2) is 31.5 Å². The van der Waals surface area contributed by atoms with E-state index in [1.165, 1.54) is 6.33 Å². The maximum Gasteiger partial charge on any atom is 0.141 e. The largest absolute Gasteiger partial charge is 0.307 e. The third kappa shape index (κ3) is 3.13. The molecule has 0 aliphatic carbocycles. The molecule has 0 bridgehead atoms. The Bertz CT molecular complexity index is 433. The molecule has 1 unspecified atom stereocenters. The van der Waals surface area contributed by atoms with E-state index in [2.05, 4.69) is 32.5 Å². The van der Waals surface area contributed by atoms with Crippen molar-refractivity contribution in [3.63, 3.8) is 0 Å². The number of nitrogens with zero attached hydrogens (tertiary/aromatic N) is 4. The molecule has 0 spiro atoms. The first-order chi connectivity index (χ1) is 8.29. The number of hydrogen-bond donors (Lipinski definition) is 2. The fraction of sp³-hybridized carbons (Fsp3) is 0.545. The summed E-state index contributed by atoms with van der Waals surface area (Å²) in [6.45, 7) is 3.10. The first kappa shape index (κ1) is 11.8. The molecule has 0 fully saturated rings. The van der Waals surface area contributed by atoms with Crippen molar-refractivity contribution in [3.05, 3.63) is 30.1 Å². The van der Waals surface area contributed by atoms with E-state index >= 15 is 0 Å². The van der Waals surface area contributed by atoms with E-state index in [0.29, 0.717) is 0 Å². The lowest BCUT2D eigenvalue weighted by Crippen LogP contribution is -2.25. The number of aromatic amines is 1. The zero-order valence-corrected chi connectivity index (χ0v) is 10.2. The van der Waals surface area contributed by atoms with Crippen molar-refractivity contribution in [2.75, 3.05) is 6.54 Å². The normalized spacial score (nSPS) is 12.8. The Morgan fingerprint density at radius 3 is 3.00 bits per heavy atom. The molecular weight excluding hydrogens is 216 g/mol. The lowest BCUT2D eigenvalue weighted by atomic mass is 10.1. The van der Waals surface area contributed by atoms with Gasteiger partial charge >= 0.3 is 0 Å². The van der Waals surface area contributed by atoms with Gasteiger partial charge in [-0.1, -0.05) is 6.92 Å². The van der Waals surface area contributed by atoms with Gasteiger partial charge < -0.3 is 5.32 Å². The average Bonchev–Trinajstić information content (AvgIpc) is 2.95. The van der Waals surface area contributed by atoms with E-state index in [-0.39, 0.29) is 6.04 Å². The zero-order valence-electron chi connectivity index (χ0n) is 10.2. The van der Waals surface area contributed by atoms with Crippen molar-refractivity contribution in [2.45, 2.75) is 25.8 Å². The van der Waals surface area contributed by atoms with Gasteiger partial charge in [-0.15, -0.1) is 0 Å². The summed E-state index contributed by atoms with van der Waals surface area (Å²) in [6, 6.07) is 2.17. The highest BCUT2D eigenvalue weighted by Crippen LogP contribution is 2.12. The van der Waals surface area contributed by atoms with E-state index in [4.69, 9.17) is 0 Å². The van der Waals surface area contributed by atoms with Crippen LogP contribution in [0.3, 0.4) is 0 Å². The van der Waals surface area contributed by atoms with Crippen LogP contribution in [0.15, 0.2) is 18.6 Å². The predicted octanol–water partition coefficient (Wildman–Crippen LogP) is 0.822. The van der Waals surface area contributed by atoms with Crippen molar-refractivity contribution in [2.24, 2.45) is 7.05 Å². The molecule has 0 amide bonds. The summed E-state index contributed by atoms with van der Waals surface area (Å²) >= 11 is 0. The minimum absolute atomic E-state index is 0.146. The summed E-state index contributed by atoms with van der Waals surface area (Å²) in [5, 5.41) is 14.6. The average molecular weight is 234 g/mol. The molecule has 0 saturated carbocycles. The zero-order chi connectivity index (χ0) is 12.1. The Kier molecular flexibility index (Phi) is 3.87. The van der Waals surface area contributed by atoms with Crippen LogP contribution >= 0.6 is 0 Å². The van der Waals surface area contributed by atoms with E-state index in [1.54, 1.807) is 0 Å². The molecule has 17 heavy (non-hydrogen) atoms. The number of aromatic nitrogens is 5. The molecule has 6 heteroatoms. The molecule has 6 nitrogen and oxygen atoms in total. The van der Waals surface area contributed by atoms with E-state index < -0.39 is 0 Å². The molecule has 2 rings (SSSR count). The summed E-state index contributed by atoms with van der Waals surface area (Å²) in [7, 11) is 1.92. The van der Waals surface area contributed by atoms with Gasteiger partial charge in [0.1, 0.15) is 12.2 Å². The summed E-state index contributed by atoms with van der Waals surface area (Å²) < 4.78 is 1.81. The monoisotopic (exact) mass is 234 g/mol. The van der Waals surface area contributed by atoms with Gasteiger partial charge in [0.05, 0.1) is 11.7 Å². The second kappa shape index (κ2) is 5.58. The first-order valence-electron chi connectivity index (χ1n) is 5.86. The lowest BCUT2D eigenvalue weighted by molar-refractivity contribution is 0.499. The molecular formula is C11H18N6. The Morgan fingerprint density at radius 1 is 1.53 bits per heavy atom. The summed E-state index contributed by atoms with van der Waals surface area (Å²) in [5.41, 5.74) is 1.05. The molecule has 0 radical (unpaired) electrons. The Hall–Kier alpha value is -1.69. The Labute approximate surface area is 100 Å². The third-order valence-corrected chi connectivity index (χ3v) is 2.59. The van der Waals surface area contributed by atoms with Crippen LogP contribution in [0.4, 0.5) is 0 Å². The molecule has 2 aromatic rings. The molecule has 0 aromatic carbocycles. The van der Waals surface area contributed by atoms with Crippen LogP contribution in [0, 0.1) is 0 Å². The quantitative estimate of drug-likeness (QED) is 0.776. The van der Waals surface area contributed by atoms with Gasteiger partial charge in [-0.2, -0.15) is 10.2 Å². The van der Waals surface area contributed by atoms with Crippen molar-refractivity contribution < 1.29 is 0 Å². The van der Waals surface area contributed by atoms with Gasteiger partial charge in [-0.25, -0.2) is 4.98 Å². The minimum atomic E-state index is 0.146. The second-order valence-electron chi connectivity index (χ2n) is 4.06. The molecule has 0 aliphatic heterocycles. The minimum Gasteiger partial charge on any atom is -0.307 e. The molecule has 2 aromatic heterocycles. The highest BCUT2D eigenvalue weighted by molar-refractivity contribution is 5.05. The third-order valence-electron chi connectivity index (χ3n) is 2.59. The van der Waals surface area contributed by atoms with Crippen LogP contribution in [0.2, 0.25) is 0 Å². The van der Waals surface area contributed by atoms with Crippen LogP contribution in [0.1, 0.15) is 30.9 Å². The number of hydrogen-bond acceptors (Lipinski definition) is 4. The molecule has 1 atom stereocenters. The summed E-state index contributed by atoms with van der Waals surface area (Å²) in [5.74, 6) is 0.865. The van der Waals surface area contributed by atoms with Crippen molar-refractivity contribution >= 4 is 0 Å². The van der Waals surface area contributed by atoms with Gasteiger partial charge in [-0.05, 0) is 19.0 Å². The molecule has 0 aliphatic rings. The fourth-order valence-electron chi connectivity index (χ4n) is 1.75. The Morgan fingerprint density at radius 2 is 2.41 bits per heavy atom. The van der Waals surface area contributed by atoms with E-state index in [0.717, 1.165) is 30.9 Å². The van der Waals surface area contributed by atoms with E-state index in [9.17, 15) is 0 Å². The van der Waals surface area contributed by atoms with Gasteiger partial charge in [0.15, 0.2) is 0 Å². The molecule has 0 saturated heterocycles. The topological polar surface area (TPSA) is 71.4 Å². The maximum atomic E-state index is 4.38. The van der Waals surface area contributed by atoms with Gasteiger partial charge in [0, 0.05) is 19.7 Å². The van der Waals surface area contributed by atoms with Crippen LogP contribution in [0.5, 0.6) is 0 Å². The van der Waals surface area contributed by atoms with E-state index in [1.807, 2.05) is 24.0 Å². The lowest BCUT2D eigenvalue weighted by Gasteiger charge is -2.14. The molecule has 92 valence electrons. The maximum absolute atomic E-state index is 4.38. The summed E-state index contributed by atoms with van der Waals surface area (Å²) in [6.07, 6.45) is 5.39. The highest BCUT2D eigenvalue weighted by atomic mass is 15.3. The number of rotatable bonds is 6. The highest BCUT2D eigenvalue weighted by Gasteiger charge is 2.15. The smallest absolute Gasteiger partial charge is 0.141 e. The van der Waals surface area contributed by atoms with Gasteiger partial charge in [0.2, 0.25) is 0 Å². The van der Waals surface area contributed by atoms with Crippen molar-refractivity contribution in [1.29, 1.82) is 0 Å². The van der Waals surface area contributed by atoms with Crippen LogP contribution in [-0.2, 0) is 13.5 Å². The van der Waals surface area contributed by atoms with Crippen molar-refractivity contribution in [1.82, 2.24) is 30.3 Å². The van der Waals surface area contributed by atoms with Crippen LogP contribution in [0.25, 0.3) is 0 Å². The molecule has 2 N–H and O–H groups in total. The molecule has 2 heterocycles.